The Morgan fingerprint density at radius 1 is 1.30 bits per heavy atom. The van der Waals surface area contributed by atoms with Crippen LogP contribution >= 0.6 is 11.8 Å². The predicted molar refractivity (Wildman–Crippen MR) is 83.7 cm³/mol. The number of nitrogens with zero attached hydrogens (tertiary/aromatic N) is 3. The third-order valence-corrected chi connectivity index (χ3v) is 4.26. The highest BCUT2D eigenvalue weighted by Crippen LogP contribution is 2.23. The molecule has 0 saturated heterocycles. The molecule has 5 heteroatoms. The third kappa shape index (κ3) is 4.08. The summed E-state index contributed by atoms with van der Waals surface area (Å²) < 4.78 is 1.96. The first kappa shape index (κ1) is 15.1. The minimum absolute atomic E-state index is 0.410. The Kier molecular flexibility index (Phi) is 5.61. The molecule has 1 atom stereocenters. The molecular weight excluding hydrogens is 268 g/mol. The molecule has 108 valence electrons. The zero-order valence-corrected chi connectivity index (χ0v) is 13.2. The highest BCUT2D eigenvalue weighted by Gasteiger charge is 2.05. The van der Waals surface area contributed by atoms with Crippen molar-refractivity contribution in [2.75, 3.05) is 6.54 Å². The average Bonchev–Trinajstić information content (AvgIpc) is 2.88. The summed E-state index contributed by atoms with van der Waals surface area (Å²) in [4.78, 5) is 1.26. The largest absolute Gasteiger partial charge is 0.320 e. The number of aromatic nitrogens is 3. The molecule has 1 heterocycles. The number of hydrogen-bond donors (Lipinski definition) is 1. The van der Waals surface area contributed by atoms with Gasteiger partial charge >= 0.3 is 0 Å². The number of rotatable bonds is 7. The maximum atomic E-state index is 4.09. The van der Waals surface area contributed by atoms with Crippen LogP contribution < -0.4 is 5.32 Å². The zero-order chi connectivity index (χ0) is 14.4. The molecule has 4 nitrogen and oxygen atoms in total. The van der Waals surface area contributed by atoms with Crippen LogP contribution in [-0.4, -0.2) is 21.3 Å². The van der Waals surface area contributed by atoms with Crippen LogP contribution in [0.4, 0.5) is 0 Å². The molecule has 0 aliphatic rings. The van der Waals surface area contributed by atoms with Crippen LogP contribution in [0.1, 0.15) is 37.7 Å². The summed E-state index contributed by atoms with van der Waals surface area (Å²) in [5.74, 6) is 1.84. The third-order valence-electron chi connectivity index (χ3n) is 3.25. The number of hydrogen-bond acceptors (Lipinski definition) is 4. The first-order valence-electron chi connectivity index (χ1n) is 6.99. The van der Waals surface area contributed by atoms with E-state index in [0.717, 1.165) is 24.5 Å². The van der Waals surface area contributed by atoms with E-state index >= 15 is 0 Å². The first-order valence-corrected chi connectivity index (χ1v) is 7.98. The van der Waals surface area contributed by atoms with Gasteiger partial charge in [-0.05, 0) is 37.6 Å². The smallest absolute Gasteiger partial charge is 0.142 e. The lowest BCUT2D eigenvalue weighted by molar-refractivity contribution is 0.570. The van der Waals surface area contributed by atoms with Crippen molar-refractivity contribution >= 4 is 11.8 Å². The fourth-order valence-corrected chi connectivity index (χ4v) is 2.80. The standard InChI is InChI=1S/C15H22N4S/c1-4-9-16-12(2)13-5-7-14(8-6-13)20-10-15-18-17-11-19(15)3/h5-8,11-12,16H,4,9-10H2,1-3H3. The van der Waals surface area contributed by atoms with Crippen LogP contribution in [-0.2, 0) is 12.8 Å². The van der Waals surface area contributed by atoms with E-state index in [1.165, 1.54) is 10.5 Å². The van der Waals surface area contributed by atoms with Gasteiger partial charge in [0.1, 0.15) is 12.2 Å². The maximum absolute atomic E-state index is 4.09. The van der Waals surface area contributed by atoms with E-state index in [2.05, 4.69) is 53.6 Å². The van der Waals surface area contributed by atoms with Gasteiger partial charge in [0.05, 0.1) is 5.75 Å². The molecule has 0 radical (unpaired) electrons. The van der Waals surface area contributed by atoms with Crippen molar-refractivity contribution in [3.8, 4) is 0 Å². The minimum atomic E-state index is 0.410. The van der Waals surface area contributed by atoms with Crippen LogP contribution in [0, 0.1) is 0 Å². The molecule has 0 aliphatic carbocycles. The normalized spacial score (nSPS) is 12.6. The number of benzene rings is 1. The zero-order valence-electron chi connectivity index (χ0n) is 12.3. The van der Waals surface area contributed by atoms with Gasteiger partial charge in [-0.3, -0.25) is 0 Å². The minimum Gasteiger partial charge on any atom is -0.320 e. The van der Waals surface area contributed by atoms with Gasteiger partial charge in [-0.15, -0.1) is 22.0 Å². The van der Waals surface area contributed by atoms with Crippen molar-refractivity contribution in [1.82, 2.24) is 20.1 Å². The lowest BCUT2D eigenvalue weighted by atomic mass is 10.1. The molecule has 0 spiro atoms. The monoisotopic (exact) mass is 290 g/mol. The second-order valence-electron chi connectivity index (χ2n) is 4.89. The van der Waals surface area contributed by atoms with Crippen LogP contribution in [0.5, 0.6) is 0 Å². The van der Waals surface area contributed by atoms with Gasteiger partial charge in [0, 0.05) is 18.0 Å². The molecule has 2 rings (SSSR count). The van der Waals surface area contributed by atoms with E-state index in [1.807, 2.05) is 11.6 Å². The van der Waals surface area contributed by atoms with Crippen LogP contribution in [0.2, 0.25) is 0 Å². The second-order valence-corrected chi connectivity index (χ2v) is 5.94. The molecule has 1 N–H and O–H groups in total. The predicted octanol–water partition coefficient (Wildman–Crippen LogP) is 3.17. The van der Waals surface area contributed by atoms with E-state index in [-0.39, 0.29) is 0 Å². The van der Waals surface area contributed by atoms with E-state index in [1.54, 1.807) is 18.1 Å². The fourth-order valence-electron chi connectivity index (χ4n) is 1.92. The molecule has 2 aromatic rings. The van der Waals surface area contributed by atoms with Crippen molar-refractivity contribution in [2.45, 2.75) is 37.0 Å². The first-order chi connectivity index (χ1) is 9.70. The van der Waals surface area contributed by atoms with Gasteiger partial charge in [-0.1, -0.05) is 19.1 Å². The van der Waals surface area contributed by atoms with Gasteiger partial charge in [0.2, 0.25) is 0 Å². The Morgan fingerprint density at radius 2 is 2.05 bits per heavy atom. The van der Waals surface area contributed by atoms with Gasteiger partial charge in [-0.2, -0.15) is 0 Å². The fraction of sp³-hybridized carbons (Fsp3) is 0.467. The summed E-state index contributed by atoms with van der Waals surface area (Å²) in [5, 5.41) is 11.5. The number of nitrogens with one attached hydrogen (secondary N) is 1. The quantitative estimate of drug-likeness (QED) is 0.795. The molecular formula is C15H22N4S. The molecule has 20 heavy (non-hydrogen) atoms. The van der Waals surface area contributed by atoms with Crippen molar-refractivity contribution in [3.05, 3.63) is 42.0 Å². The van der Waals surface area contributed by atoms with Gasteiger partial charge in [0.25, 0.3) is 0 Å². The molecule has 0 fully saturated rings. The number of thioether (sulfide) groups is 1. The van der Waals surface area contributed by atoms with Crippen LogP contribution in [0.3, 0.4) is 0 Å². The van der Waals surface area contributed by atoms with E-state index < -0.39 is 0 Å². The molecule has 1 unspecified atom stereocenters. The molecule has 0 amide bonds. The van der Waals surface area contributed by atoms with E-state index in [9.17, 15) is 0 Å². The van der Waals surface area contributed by atoms with Crippen LogP contribution in [0.25, 0.3) is 0 Å². The lowest BCUT2D eigenvalue weighted by Gasteiger charge is -2.13. The highest BCUT2D eigenvalue weighted by atomic mass is 32.2. The molecule has 0 saturated carbocycles. The van der Waals surface area contributed by atoms with E-state index in [0.29, 0.717) is 6.04 Å². The Bertz CT molecular complexity index is 521. The summed E-state index contributed by atoms with van der Waals surface area (Å²) in [6.45, 7) is 5.45. The summed E-state index contributed by atoms with van der Waals surface area (Å²) in [6, 6.07) is 9.17. The topological polar surface area (TPSA) is 42.7 Å². The molecule has 0 aliphatic heterocycles. The lowest BCUT2D eigenvalue weighted by Crippen LogP contribution is -2.19. The summed E-state index contributed by atoms with van der Waals surface area (Å²) in [7, 11) is 1.97. The molecule has 1 aromatic heterocycles. The van der Waals surface area contributed by atoms with Gasteiger partial charge in [0.15, 0.2) is 0 Å². The summed E-state index contributed by atoms with van der Waals surface area (Å²) in [6.07, 6.45) is 2.90. The van der Waals surface area contributed by atoms with Crippen molar-refractivity contribution in [1.29, 1.82) is 0 Å². The Morgan fingerprint density at radius 3 is 2.65 bits per heavy atom. The van der Waals surface area contributed by atoms with Crippen molar-refractivity contribution in [2.24, 2.45) is 7.05 Å². The van der Waals surface area contributed by atoms with Gasteiger partial charge < -0.3 is 9.88 Å². The second kappa shape index (κ2) is 7.45. The summed E-state index contributed by atoms with van der Waals surface area (Å²) >= 11 is 1.79. The molecule has 1 aromatic carbocycles. The summed E-state index contributed by atoms with van der Waals surface area (Å²) in [5.41, 5.74) is 1.33. The van der Waals surface area contributed by atoms with Crippen molar-refractivity contribution in [3.63, 3.8) is 0 Å². The number of aryl methyl sites for hydroxylation is 1. The van der Waals surface area contributed by atoms with Gasteiger partial charge in [-0.25, -0.2) is 0 Å². The Labute approximate surface area is 125 Å². The highest BCUT2D eigenvalue weighted by molar-refractivity contribution is 7.98. The Hall–Kier alpha value is -1.33. The Balaban J connectivity index is 1.89. The van der Waals surface area contributed by atoms with Crippen LogP contribution in [0.15, 0.2) is 35.5 Å². The average molecular weight is 290 g/mol. The van der Waals surface area contributed by atoms with E-state index in [4.69, 9.17) is 0 Å². The maximum Gasteiger partial charge on any atom is 0.142 e. The molecule has 0 bridgehead atoms. The SMILES string of the molecule is CCCNC(C)c1ccc(SCc2nncn2C)cc1. The van der Waals surface area contributed by atoms with Crippen molar-refractivity contribution < 1.29 is 0 Å².